The molecule has 118 valence electrons. The first-order valence-electron chi connectivity index (χ1n) is 7.39. The monoisotopic (exact) mass is 305 g/mol. The molecule has 1 rings (SSSR count). The van der Waals surface area contributed by atoms with Crippen molar-refractivity contribution >= 4 is 16.1 Å². The third-order valence-electron chi connectivity index (χ3n) is 3.52. The summed E-state index contributed by atoms with van der Waals surface area (Å²) in [5, 5.41) is 3.03. The molecule has 7 heteroatoms. The van der Waals surface area contributed by atoms with Gasteiger partial charge in [0.25, 0.3) is 0 Å². The Morgan fingerprint density at radius 2 is 1.70 bits per heavy atom. The Labute approximate surface area is 122 Å². The van der Waals surface area contributed by atoms with E-state index in [1.54, 1.807) is 0 Å². The highest BCUT2D eigenvalue weighted by Gasteiger charge is 2.26. The lowest BCUT2D eigenvalue weighted by Crippen LogP contribution is -2.50. The first-order valence-corrected chi connectivity index (χ1v) is 9.23. The van der Waals surface area contributed by atoms with Crippen LogP contribution in [0.3, 0.4) is 0 Å². The quantitative estimate of drug-likeness (QED) is 0.803. The Kier molecular flexibility index (Phi) is 6.75. The topological polar surface area (TPSA) is 69.7 Å². The molecule has 1 saturated heterocycles. The number of rotatable bonds is 6. The second-order valence-electron chi connectivity index (χ2n) is 5.37. The van der Waals surface area contributed by atoms with Crippen molar-refractivity contribution in [2.75, 3.05) is 32.4 Å². The van der Waals surface area contributed by atoms with E-state index in [0.29, 0.717) is 25.9 Å². The molecule has 1 fully saturated rings. The van der Waals surface area contributed by atoms with E-state index in [-0.39, 0.29) is 12.1 Å². The highest BCUT2D eigenvalue weighted by atomic mass is 32.2. The van der Waals surface area contributed by atoms with Crippen molar-refractivity contribution in [2.24, 2.45) is 0 Å². The van der Waals surface area contributed by atoms with Crippen LogP contribution in [0.2, 0.25) is 0 Å². The summed E-state index contributed by atoms with van der Waals surface area (Å²) < 4.78 is 24.3. The smallest absolute Gasteiger partial charge is 0.317 e. The van der Waals surface area contributed by atoms with Gasteiger partial charge in [-0.25, -0.2) is 17.5 Å². The van der Waals surface area contributed by atoms with Gasteiger partial charge in [-0.3, -0.25) is 0 Å². The van der Waals surface area contributed by atoms with Gasteiger partial charge in [-0.15, -0.1) is 0 Å². The minimum atomic E-state index is -3.10. The molecule has 0 saturated carbocycles. The van der Waals surface area contributed by atoms with E-state index in [1.165, 1.54) is 10.6 Å². The van der Waals surface area contributed by atoms with Crippen LogP contribution in [0.1, 0.15) is 39.5 Å². The van der Waals surface area contributed by atoms with Crippen molar-refractivity contribution in [3.63, 3.8) is 0 Å². The number of piperidine rings is 1. The number of amides is 2. The summed E-state index contributed by atoms with van der Waals surface area (Å²) in [4.78, 5) is 14.0. The number of hydrogen-bond donors (Lipinski definition) is 1. The maximum absolute atomic E-state index is 12.2. The zero-order valence-electron chi connectivity index (χ0n) is 12.8. The van der Waals surface area contributed by atoms with Crippen LogP contribution < -0.4 is 5.32 Å². The van der Waals surface area contributed by atoms with Crippen molar-refractivity contribution in [3.8, 4) is 0 Å². The Hall–Kier alpha value is -0.820. The molecular formula is C13H27N3O3S. The molecule has 1 heterocycles. The van der Waals surface area contributed by atoms with Gasteiger partial charge in [0.1, 0.15) is 0 Å². The van der Waals surface area contributed by atoms with Crippen LogP contribution in [0.15, 0.2) is 0 Å². The number of hydrogen-bond acceptors (Lipinski definition) is 3. The molecule has 2 amide bonds. The van der Waals surface area contributed by atoms with Gasteiger partial charge in [-0.05, 0) is 25.7 Å². The predicted octanol–water partition coefficient (Wildman–Crippen LogP) is 1.24. The normalized spacial score (nSPS) is 17.9. The molecule has 6 nitrogen and oxygen atoms in total. The minimum absolute atomic E-state index is 0.0218. The minimum Gasteiger partial charge on any atom is -0.335 e. The van der Waals surface area contributed by atoms with Gasteiger partial charge in [-0.1, -0.05) is 13.8 Å². The zero-order chi connectivity index (χ0) is 15.2. The fourth-order valence-corrected chi connectivity index (χ4v) is 3.33. The largest absolute Gasteiger partial charge is 0.335 e. The van der Waals surface area contributed by atoms with Gasteiger partial charge >= 0.3 is 6.03 Å². The van der Waals surface area contributed by atoms with Crippen molar-refractivity contribution in [1.82, 2.24) is 14.5 Å². The Morgan fingerprint density at radius 1 is 1.20 bits per heavy atom. The SMILES string of the molecule is CCCN(CCC)C(=O)NC1CCN(S(C)(=O)=O)CC1. The third-order valence-corrected chi connectivity index (χ3v) is 4.83. The van der Waals surface area contributed by atoms with Gasteiger partial charge in [-0.2, -0.15) is 0 Å². The summed E-state index contributed by atoms with van der Waals surface area (Å²) in [5.41, 5.74) is 0. The average molecular weight is 305 g/mol. The van der Waals surface area contributed by atoms with Crippen LogP contribution in [-0.2, 0) is 10.0 Å². The maximum atomic E-state index is 12.2. The van der Waals surface area contributed by atoms with E-state index in [2.05, 4.69) is 19.2 Å². The van der Waals surface area contributed by atoms with Gasteiger partial charge in [0.2, 0.25) is 10.0 Å². The van der Waals surface area contributed by atoms with Crippen molar-refractivity contribution < 1.29 is 13.2 Å². The van der Waals surface area contributed by atoms with Gasteiger partial charge in [0.05, 0.1) is 6.26 Å². The second-order valence-corrected chi connectivity index (χ2v) is 7.36. The molecule has 0 aliphatic carbocycles. The van der Waals surface area contributed by atoms with Crippen molar-refractivity contribution in [1.29, 1.82) is 0 Å². The molecule has 20 heavy (non-hydrogen) atoms. The maximum Gasteiger partial charge on any atom is 0.317 e. The Morgan fingerprint density at radius 3 is 2.10 bits per heavy atom. The average Bonchev–Trinajstić information content (AvgIpc) is 2.38. The van der Waals surface area contributed by atoms with Gasteiger partial charge < -0.3 is 10.2 Å². The van der Waals surface area contributed by atoms with Crippen LogP contribution in [0.25, 0.3) is 0 Å². The first-order chi connectivity index (χ1) is 9.38. The van der Waals surface area contributed by atoms with Crippen LogP contribution in [0.4, 0.5) is 4.79 Å². The fraction of sp³-hybridized carbons (Fsp3) is 0.923. The van der Waals surface area contributed by atoms with E-state index in [1.807, 2.05) is 4.90 Å². The molecule has 0 aromatic carbocycles. The predicted molar refractivity (Wildman–Crippen MR) is 80.1 cm³/mol. The number of sulfonamides is 1. The molecule has 1 aliphatic heterocycles. The van der Waals surface area contributed by atoms with Crippen LogP contribution in [0.5, 0.6) is 0 Å². The van der Waals surface area contributed by atoms with E-state index in [9.17, 15) is 13.2 Å². The first kappa shape index (κ1) is 17.2. The number of nitrogens with zero attached hydrogens (tertiary/aromatic N) is 2. The molecule has 0 aromatic rings. The molecule has 0 spiro atoms. The number of nitrogens with one attached hydrogen (secondary N) is 1. The lowest BCUT2D eigenvalue weighted by Gasteiger charge is -2.32. The second kappa shape index (κ2) is 7.83. The molecule has 0 radical (unpaired) electrons. The summed E-state index contributed by atoms with van der Waals surface area (Å²) >= 11 is 0. The summed E-state index contributed by atoms with van der Waals surface area (Å²) in [7, 11) is -3.10. The molecule has 0 bridgehead atoms. The van der Waals surface area contributed by atoms with Gasteiger partial charge in [0.15, 0.2) is 0 Å². The van der Waals surface area contributed by atoms with Crippen molar-refractivity contribution in [3.05, 3.63) is 0 Å². The lowest BCUT2D eigenvalue weighted by molar-refractivity contribution is 0.187. The van der Waals surface area contributed by atoms with E-state index >= 15 is 0 Å². The highest BCUT2D eigenvalue weighted by Crippen LogP contribution is 2.13. The van der Waals surface area contributed by atoms with Crippen LogP contribution in [-0.4, -0.2) is 62.1 Å². The number of carbonyl (C=O) groups is 1. The highest BCUT2D eigenvalue weighted by molar-refractivity contribution is 7.88. The molecular weight excluding hydrogens is 278 g/mol. The molecule has 1 N–H and O–H groups in total. The molecule has 0 aromatic heterocycles. The summed E-state index contributed by atoms with van der Waals surface area (Å²) in [5.74, 6) is 0. The van der Waals surface area contributed by atoms with Crippen LogP contribution in [0, 0.1) is 0 Å². The summed E-state index contributed by atoms with van der Waals surface area (Å²) in [6.45, 7) is 6.63. The lowest BCUT2D eigenvalue weighted by atomic mass is 10.1. The molecule has 0 unspecified atom stereocenters. The Balaban J connectivity index is 2.44. The van der Waals surface area contributed by atoms with Crippen LogP contribution >= 0.6 is 0 Å². The fourth-order valence-electron chi connectivity index (χ4n) is 2.45. The van der Waals surface area contributed by atoms with Gasteiger partial charge in [0, 0.05) is 32.2 Å². The molecule has 1 aliphatic rings. The number of urea groups is 1. The van der Waals surface area contributed by atoms with E-state index in [0.717, 1.165) is 25.9 Å². The van der Waals surface area contributed by atoms with Crippen molar-refractivity contribution in [2.45, 2.75) is 45.6 Å². The molecule has 0 atom stereocenters. The number of carbonyl (C=O) groups excluding carboxylic acids is 1. The van der Waals surface area contributed by atoms with E-state index < -0.39 is 10.0 Å². The van der Waals surface area contributed by atoms with E-state index in [4.69, 9.17) is 0 Å². The summed E-state index contributed by atoms with van der Waals surface area (Å²) in [6.07, 6.45) is 4.49. The zero-order valence-corrected chi connectivity index (χ0v) is 13.6. The Bertz CT molecular complexity index is 397. The summed E-state index contributed by atoms with van der Waals surface area (Å²) in [6, 6.07) is 0.0585. The standard InChI is InChI=1S/C13H27N3O3S/c1-4-8-15(9-5-2)13(17)14-12-6-10-16(11-7-12)20(3,18)19/h12H,4-11H2,1-3H3,(H,14,17). The third kappa shape index (κ3) is 5.28.